The largest absolute Gasteiger partial charge is 0.497 e. The summed E-state index contributed by atoms with van der Waals surface area (Å²) in [5.74, 6) is 1.91. The number of nitrogens with zero attached hydrogens (tertiary/aromatic N) is 3. The Balaban J connectivity index is 1.52. The molecular formula is C19H28N4O2. The van der Waals surface area contributed by atoms with E-state index in [9.17, 15) is 4.79 Å². The molecule has 0 atom stereocenters. The number of imidazole rings is 1. The molecular weight excluding hydrogens is 316 g/mol. The van der Waals surface area contributed by atoms with Crippen molar-refractivity contribution in [3.63, 3.8) is 0 Å². The number of likely N-dealkylation sites (tertiary alicyclic amines) is 1. The fourth-order valence-electron chi connectivity index (χ4n) is 3.29. The summed E-state index contributed by atoms with van der Waals surface area (Å²) in [5.41, 5.74) is 1.89. The molecule has 136 valence electrons. The number of fused-ring (bicyclic) bond motifs is 1. The minimum atomic E-state index is 0.194. The van der Waals surface area contributed by atoms with Gasteiger partial charge in [-0.3, -0.25) is 9.69 Å². The second kappa shape index (κ2) is 8.34. The van der Waals surface area contributed by atoms with Gasteiger partial charge in [0, 0.05) is 26.1 Å². The van der Waals surface area contributed by atoms with Crippen molar-refractivity contribution < 1.29 is 9.53 Å². The maximum atomic E-state index is 12.4. The lowest BCUT2D eigenvalue weighted by Gasteiger charge is -2.23. The third-order valence-corrected chi connectivity index (χ3v) is 4.91. The van der Waals surface area contributed by atoms with Crippen LogP contribution in [0.2, 0.25) is 0 Å². The molecule has 2 heterocycles. The molecule has 25 heavy (non-hydrogen) atoms. The van der Waals surface area contributed by atoms with Crippen molar-refractivity contribution in [2.45, 2.75) is 32.1 Å². The third kappa shape index (κ3) is 4.72. The Labute approximate surface area is 149 Å². The molecule has 1 fully saturated rings. The number of aromatic amines is 1. The first kappa shape index (κ1) is 17.7. The molecule has 0 bridgehead atoms. The van der Waals surface area contributed by atoms with Crippen LogP contribution in [0.25, 0.3) is 11.0 Å². The summed E-state index contributed by atoms with van der Waals surface area (Å²) in [4.78, 5) is 24.4. The van der Waals surface area contributed by atoms with Gasteiger partial charge in [-0.1, -0.05) is 12.8 Å². The molecule has 2 aromatic rings. The van der Waals surface area contributed by atoms with Crippen molar-refractivity contribution in [2.24, 2.45) is 0 Å². The molecule has 0 spiro atoms. The highest BCUT2D eigenvalue weighted by atomic mass is 16.5. The summed E-state index contributed by atoms with van der Waals surface area (Å²) in [6.45, 7) is 3.30. The smallest absolute Gasteiger partial charge is 0.236 e. The number of hydrogen-bond donors (Lipinski definition) is 1. The Morgan fingerprint density at radius 2 is 2.04 bits per heavy atom. The Bertz CT molecular complexity index is 705. The quantitative estimate of drug-likeness (QED) is 0.874. The van der Waals surface area contributed by atoms with Crippen LogP contribution in [0.1, 0.15) is 31.5 Å². The number of amides is 1. The third-order valence-electron chi connectivity index (χ3n) is 4.91. The Morgan fingerprint density at radius 1 is 1.28 bits per heavy atom. The van der Waals surface area contributed by atoms with Gasteiger partial charge in [-0.05, 0) is 38.1 Å². The molecule has 1 aromatic heterocycles. The molecule has 1 saturated heterocycles. The van der Waals surface area contributed by atoms with Crippen molar-refractivity contribution in [2.75, 3.05) is 40.3 Å². The van der Waals surface area contributed by atoms with Gasteiger partial charge in [-0.15, -0.1) is 0 Å². The minimum absolute atomic E-state index is 0.194. The molecule has 1 amide bonds. The average Bonchev–Trinajstić information content (AvgIpc) is 2.86. The summed E-state index contributed by atoms with van der Waals surface area (Å²) >= 11 is 0. The molecule has 0 saturated carbocycles. The molecule has 3 rings (SSSR count). The summed E-state index contributed by atoms with van der Waals surface area (Å²) in [5, 5.41) is 0. The fourth-order valence-corrected chi connectivity index (χ4v) is 3.29. The first-order valence-electron chi connectivity index (χ1n) is 9.14. The van der Waals surface area contributed by atoms with E-state index in [2.05, 4.69) is 14.9 Å². The van der Waals surface area contributed by atoms with Crippen molar-refractivity contribution in [3.8, 4) is 5.75 Å². The summed E-state index contributed by atoms with van der Waals surface area (Å²) in [6.07, 6.45) is 5.72. The number of nitrogens with one attached hydrogen (secondary N) is 1. The van der Waals surface area contributed by atoms with E-state index < -0.39 is 0 Å². The van der Waals surface area contributed by atoms with Crippen molar-refractivity contribution in [1.82, 2.24) is 19.8 Å². The van der Waals surface area contributed by atoms with Gasteiger partial charge in [-0.25, -0.2) is 4.98 Å². The number of aromatic nitrogens is 2. The van der Waals surface area contributed by atoms with E-state index >= 15 is 0 Å². The topological polar surface area (TPSA) is 61.5 Å². The normalized spacial score (nSPS) is 15.9. The van der Waals surface area contributed by atoms with E-state index in [0.29, 0.717) is 13.1 Å². The van der Waals surface area contributed by atoms with Crippen LogP contribution in [0.4, 0.5) is 0 Å². The zero-order chi connectivity index (χ0) is 17.6. The van der Waals surface area contributed by atoms with Gasteiger partial charge >= 0.3 is 0 Å². The van der Waals surface area contributed by atoms with Gasteiger partial charge in [0.05, 0.1) is 24.7 Å². The van der Waals surface area contributed by atoms with Crippen LogP contribution in [0.3, 0.4) is 0 Å². The molecule has 1 aromatic carbocycles. The van der Waals surface area contributed by atoms with Gasteiger partial charge in [-0.2, -0.15) is 0 Å². The molecule has 6 nitrogen and oxygen atoms in total. The Morgan fingerprint density at radius 3 is 2.76 bits per heavy atom. The van der Waals surface area contributed by atoms with Crippen LogP contribution in [0, 0.1) is 0 Å². The molecule has 0 aliphatic carbocycles. The van der Waals surface area contributed by atoms with E-state index in [0.717, 1.165) is 42.1 Å². The number of likely N-dealkylation sites (N-methyl/N-ethyl adjacent to an activating group) is 1. The predicted molar refractivity (Wildman–Crippen MR) is 98.9 cm³/mol. The summed E-state index contributed by atoms with van der Waals surface area (Å²) in [7, 11) is 3.54. The van der Waals surface area contributed by atoms with Crippen LogP contribution in [-0.2, 0) is 11.2 Å². The zero-order valence-corrected chi connectivity index (χ0v) is 15.3. The highest BCUT2D eigenvalue weighted by Crippen LogP contribution is 2.19. The molecule has 1 N–H and O–H groups in total. The average molecular weight is 344 g/mol. The van der Waals surface area contributed by atoms with Crippen molar-refractivity contribution in [3.05, 3.63) is 24.0 Å². The van der Waals surface area contributed by atoms with Gasteiger partial charge in [0.15, 0.2) is 0 Å². The number of carbonyl (C=O) groups excluding carboxylic acids is 1. The highest BCUT2D eigenvalue weighted by molar-refractivity contribution is 5.78. The van der Waals surface area contributed by atoms with E-state index in [1.807, 2.05) is 30.1 Å². The first-order chi connectivity index (χ1) is 12.2. The van der Waals surface area contributed by atoms with E-state index in [1.54, 1.807) is 7.11 Å². The van der Waals surface area contributed by atoms with Crippen LogP contribution in [-0.4, -0.2) is 66.0 Å². The molecule has 0 radical (unpaired) electrons. The molecule has 0 unspecified atom stereocenters. The van der Waals surface area contributed by atoms with E-state index in [1.165, 1.54) is 25.7 Å². The van der Waals surface area contributed by atoms with Gasteiger partial charge in [0.1, 0.15) is 11.6 Å². The summed E-state index contributed by atoms with van der Waals surface area (Å²) < 4.78 is 5.24. The van der Waals surface area contributed by atoms with E-state index in [-0.39, 0.29) is 5.91 Å². The molecule has 1 aliphatic heterocycles. The second-order valence-electron chi connectivity index (χ2n) is 6.82. The SMILES string of the molecule is COc1ccc2nc(CCN(C)C(=O)CN3CCCCCC3)[nH]c2c1. The number of methoxy groups -OCH3 is 1. The Hall–Kier alpha value is -2.08. The predicted octanol–water partition coefficient (Wildman–Crippen LogP) is 2.45. The molecule has 1 aliphatic rings. The fraction of sp³-hybridized carbons (Fsp3) is 0.579. The number of ether oxygens (including phenoxy) is 1. The molecule has 6 heteroatoms. The van der Waals surface area contributed by atoms with Gasteiger partial charge in [0.25, 0.3) is 0 Å². The maximum Gasteiger partial charge on any atom is 0.236 e. The van der Waals surface area contributed by atoms with Crippen LogP contribution < -0.4 is 4.74 Å². The number of carbonyl (C=O) groups is 1. The van der Waals surface area contributed by atoms with Crippen LogP contribution in [0.15, 0.2) is 18.2 Å². The second-order valence-corrected chi connectivity index (χ2v) is 6.82. The lowest BCUT2D eigenvalue weighted by Crippen LogP contribution is -2.39. The number of benzene rings is 1. The van der Waals surface area contributed by atoms with E-state index in [4.69, 9.17) is 4.74 Å². The van der Waals surface area contributed by atoms with Crippen LogP contribution >= 0.6 is 0 Å². The highest BCUT2D eigenvalue weighted by Gasteiger charge is 2.16. The van der Waals surface area contributed by atoms with Crippen molar-refractivity contribution >= 4 is 16.9 Å². The monoisotopic (exact) mass is 344 g/mol. The van der Waals surface area contributed by atoms with Crippen molar-refractivity contribution in [1.29, 1.82) is 0 Å². The van der Waals surface area contributed by atoms with Gasteiger partial charge in [0.2, 0.25) is 5.91 Å². The maximum absolute atomic E-state index is 12.4. The lowest BCUT2D eigenvalue weighted by molar-refractivity contribution is -0.131. The number of rotatable bonds is 6. The lowest BCUT2D eigenvalue weighted by atomic mass is 10.2. The van der Waals surface area contributed by atoms with Gasteiger partial charge < -0.3 is 14.6 Å². The minimum Gasteiger partial charge on any atom is -0.497 e. The number of H-pyrrole nitrogens is 1. The standard InChI is InChI=1S/C19H28N4O2/c1-22(19(24)14-23-10-5-3-4-6-11-23)12-9-18-20-16-8-7-15(25-2)13-17(16)21-18/h7-8,13H,3-6,9-12,14H2,1-2H3,(H,20,21). The Kier molecular flexibility index (Phi) is 5.91. The number of hydrogen-bond acceptors (Lipinski definition) is 4. The first-order valence-corrected chi connectivity index (χ1v) is 9.14. The van der Waals surface area contributed by atoms with Crippen LogP contribution in [0.5, 0.6) is 5.75 Å². The zero-order valence-electron chi connectivity index (χ0n) is 15.3. The summed E-state index contributed by atoms with van der Waals surface area (Å²) in [6, 6.07) is 5.80.